The third kappa shape index (κ3) is 5.21. The fourth-order valence-electron chi connectivity index (χ4n) is 2.54. The van der Waals surface area contributed by atoms with Gasteiger partial charge in [0.25, 0.3) is 0 Å². The highest BCUT2D eigenvalue weighted by atomic mass is 15.2. The molecule has 5 heteroatoms. The van der Waals surface area contributed by atoms with Crippen molar-refractivity contribution in [2.75, 3.05) is 7.05 Å². The summed E-state index contributed by atoms with van der Waals surface area (Å²) in [6.07, 6.45) is 5.60. The number of aromatic nitrogens is 2. The van der Waals surface area contributed by atoms with E-state index < -0.39 is 0 Å². The summed E-state index contributed by atoms with van der Waals surface area (Å²) in [5.41, 5.74) is 3.71. The largest absolute Gasteiger partial charge is 0.352 e. The second kappa shape index (κ2) is 8.68. The molecule has 0 aliphatic heterocycles. The molecule has 25 heavy (non-hydrogen) atoms. The summed E-state index contributed by atoms with van der Waals surface area (Å²) in [7, 11) is 1.79. The van der Waals surface area contributed by atoms with E-state index in [1.165, 1.54) is 16.7 Å². The van der Waals surface area contributed by atoms with Gasteiger partial charge in [-0.1, -0.05) is 54.6 Å². The third-order valence-corrected chi connectivity index (χ3v) is 3.93. The molecule has 0 spiro atoms. The van der Waals surface area contributed by atoms with Crippen molar-refractivity contribution < 1.29 is 0 Å². The van der Waals surface area contributed by atoms with Crippen molar-refractivity contribution in [1.82, 2.24) is 20.2 Å². The smallest absolute Gasteiger partial charge is 0.191 e. The monoisotopic (exact) mass is 333 g/mol. The second-order valence-corrected chi connectivity index (χ2v) is 5.82. The lowest BCUT2D eigenvalue weighted by atomic mass is 10.1. The number of benzene rings is 2. The summed E-state index contributed by atoms with van der Waals surface area (Å²) in [5, 5.41) is 6.67. The molecule has 0 bridgehead atoms. The van der Waals surface area contributed by atoms with Gasteiger partial charge in [-0.05, 0) is 16.7 Å². The predicted molar refractivity (Wildman–Crippen MR) is 101 cm³/mol. The SMILES string of the molecule is CN=C(NCc1ccccc1)NCc1ccc(Cn2ccnc2)cc1. The van der Waals surface area contributed by atoms with Crippen molar-refractivity contribution in [2.45, 2.75) is 19.6 Å². The molecular formula is C20H23N5. The molecular weight excluding hydrogens is 310 g/mol. The van der Waals surface area contributed by atoms with Crippen molar-refractivity contribution in [1.29, 1.82) is 0 Å². The van der Waals surface area contributed by atoms with Crippen LogP contribution in [0.25, 0.3) is 0 Å². The molecule has 128 valence electrons. The fraction of sp³-hybridized carbons (Fsp3) is 0.200. The molecule has 0 unspecified atom stereocenters. The number of imidazole rings is 1. The van der Waals surface area contributed by atoms with Gasteiger partial charge in [0.15, 0.2) is 5.96 Å². The van der Waals surface area contributed by atoms with Crippen molar-refractivity contribution in [2.24, 2.45) is 4.99 Å². The molecule has 0 radical (unpaired) electrons. The molecule has 5 nitrogen and oxygen atoms in total. The zero-order valence-electron chi connectivity index (χ0n) is 14.4. The first-order chi connectivity index (χ1) is 12.3. The molecule has 0 saturated carbocycles. The maximum atomic E-state index is 4.27. The number of guanidine groups is 1. The number of nitrogens with zero attached hydrogens (tertiary/aromatic N) is 3. The van der Waals surface area contributed by atoms with E-state index in [4.69, 9.17) is 0 Å². The molecule has 0 aliphatic rings. The molecule has 0 aliphatic carbocycles. The summed E-state index contributed by atoms with van der Waals surface area (Å²) in [6, 6.07) is 18.9. The van der Waals surface area contributed by atoms with Gasteiger partial charge in [0.1, 0.15) is 0 Å². The van der Waals surface area contributed by atoms with Gasteiger partial charge in [0.05, 0.1) is 6.33 Å². The van der Waals surface area contributed by atoms with E-state index in [0.717, 1.165) is 25.6 Å². The Hall–Kier alpha value is -3.08. The Kier molecular flexibility index (Phi) is 5.82. The molecule has 0 amide bonds. The van der Waals surface area contributed by atoms with E-state index in [1.807, 2.05) is 30.7 Å². The van der Waals surface area contributed by atoms with Gasteiger partial charge in [-0.15, -0.1) is 0 Å². The third-order valence-electron chi connectivity index (χ3n) is 3.93. The van der Waals surface area contributed by atoms with Gasteiger partial charge in [-0.2, -0.15) is 0 Å². The Morgan fingerprint density at radius 3 is 2.16 bits per heavy atom. The van der Waals surface area contributed by atoms with Crippen molar-refractivity contribution >= 4 is 5.96 Å². The van der Waals surface area contributed by atoms with E-state index in [9.17, 15) is 0 Å². The van der Waals surface area contributed by atoms with Crippen molar-refractivity contribution in [3.8, 4) is 0 Å². The lowest BCUT2D eigenvalue weighted by Crippen LogP contribution is -2.36. The second-order valence-electron chi connectivity index (χ2n) is 5.82. The summed E-state index contributed by atoms with van der Waals surface area (Å²) in [4.78, 5) is 8.34. The minimum atomic E-state index is 0.736. The molecule has 1 heterocycles. The standard InChI is InChI=1S/C20H23N5/c1-21-20(23-13-17-5-3-2-4-6-17)24-14-18-7-9-19(10-8-18)15-25-12-11-22-16-25/h2-12,16H,13-15H2,1H3,(H2,21,23,24). The Balaban J connectivity index is 1.48. The zero-order chi connectivity index (χ0) is 17.3. The van der Waals surface area contributed by atoms with Gasteiger partial charge in [-0.3, -0.25) is 4.99 Å². The van der Waals surface area contributed by atoms with Crippen LogP contribution in [0.3, 0.4) is 0 Å². The minimum absolute atomic E-state index is 0.736. The first kappa shape index (κ1) is 16.8. The van der Waals surface area contributed by atoms with Crippen LogP contribution in [0, 0.1) is 0 Å². The summed E-state index contributed by atoms with van der Waals surface area (Å²) < 4.78 is 2.06. The van der Waals surface area contributed by atoms with Gasteiger partial charge in [0, 0.05) is 39.1 Å². The quantitative estimate of drug-likeness (QED) is 0.539. The Morgan fingerprint density at radius 2 is 1.56 bits per heavy atom. The molecule has 2 aromatic carbocycles. The highest BCUT2D eigenvalue weighted by molar-refractivity contribution is 5.79. The van der Waals surface area contributed by atoms with E-state index in [0.29, 0.717) is 0 Å². The van der Waals surface area contributed by atoms with Crippen LogP contribution in [0.5, 0.6) is 0 Å². The van der Waals surface area contributed by atoms with E-state index in [1.54, 1.807) is 13.2 Å². The average molecular weight is 333 g/mol. The summed E-state index contributed by atoms with van der Waals surface area (Å²) >= 11 is 0. The Morgan fingerprint density at radius 1 is 0.920 bits per heavy atom. The molecule has 0 saturated heterocycles. The number of hydrogen-bond donors (Lipinski definition) is 2. The number of hydrogen-bond acceptors (Lipinski definition) is 2. The number of rotatable bonds is 6. The summed E-state index contributed by atoms with van der Waals surface area (Å²) in [5.74, 6) is 0.798. The lowest BCUT2D eigenvalue weighted by Gasteiger charge is -2.12. The zero-order valence-corrected chi connectivity index (χ0v) is 14.4. The molecule has 0 atom stereocenters. The Bertz CT molecular complexity index is 777. The van der Waals surface area contributed by atoms with Gasteiger partial charge >= 0.3 is 0 Å². The van der Waals surface area contributed by atoms with E-state index in [2.05, 4.69) is 61.6 Å². The average Bonchev–Trinajstić information content (AvgIpc) is 3.17. The predicted octanol–water partition coefficient (Wildman–Crippen LogP) is 2.80. The van der Waals surface area contributed by atoms with Crippen LogP contribution >= 0.6 is 0 Å². The normalized spacial score (nSPS) is 11.3. The molecule has 3 aromatic rings. The summed E-state index contributed by atoms with van der Waals surface area (Å²) in [6.45, 7) is 2.33. The maximum Gasteiger partial charge on any atom is 0.191 e. The van der Waals surface area contributed by atoms with Crippen LogP contribution in [0.1, 0.15) is 16.7 Å². The van der Waals surface area contributed by atoms with Crippen LogP contribution in [-0.2, 0) is 19.6 Å². The van der Waals surface area contributed by atoms with Gasteiger partial charge in [-0.25, -0.2) is 4.98 Å². The van der Waals surface area contributed by atoms with E-state index >= 15 is 0 Å². The van der Waals surface area contributed by atoms with E-state index in [-0.39, 0.29) is 0 Å². The number of aliphatic imine (C=N–C) groups is 1. The lowest BCUT2D eigenvalue weighted by molar-refractivity contribution is 0.792. The molecule has 0 fully saturated rings. The molecule has 2 N–H and O–H groups in total. The Labute approximate surface area is 148 Å². The topological polar surface area (TPSA) is 54.2 Å². The van der Waals surface area contributed by atoms with Crippen LogP contribution in [-0.4, -0.2) is 22.6 Å². The maximum absolute atomic E-state index is 4.27. The van der Waals surface area contributed by atoms with Gasteiger partial charge in [0.2, 0.25) is 0 Å². The molecule has 3 rings (SSSR count). The number of nitrogens with one attached hydrogen (secondary N) is 2. The van der Waals surface area contributed by atoms with Crippen LogP contribution in [0.15, 0.2) is 78.3 Å². The molecule has 1 aromatic heterocycles. The van der Waals surface area contributed by atoms with Crippen molar-refractivity contribution in [3.63, 3.8) is 0 Å². The first-order valence-electron chi connectivity index (χ1n) is 8.35. The van der Waals surface area contributed by atoms with Crippen molar-refractivity contribution in [3.05, 3.63) is 90.0 Å². The fourth-order valence-corrected chi connectivity index (χ4v) is 2.54. The van der Waals surface area contributed by atoms with Crippen LogP contribution in [0.4, 0.5) is 0 Å². The highest BCUT2D eigenvalue weighted by Gasteiger charge is 2.00. The van der Waals surface area contributed by atoms with Crippen LogP contribution in [0.2, 0.25) is 0 Å². The highest BCUT2D eigenvalue weighted by Crippen LogP contribution is 2.06. The van der Waals surface area contributed by atoms with Crippen LogP contribution < -0.4 is 10.6 Å². The van der Waals surface area contributed by atoms with Gasteiger partial charge < -0.3 is 15.2 Å². The first-order valence-corrected chi connectivity index (χ1v) is 8.35. The minimum Gasteiger partial charge on any atom is -0.352 e.